The number of piperidine rings is 1. The van der Waals surface area contributed by atoms with Crippen LogP contribution < -0.4 is 5.32 Å². The largest absolute Gasteiger partial charge is 0.383 e. The summed E-state index contributed by atoms with van der Waals surface area (Å²) < 4.78 is 5.22. The van der Waals surface area contributed by atoms with E-state index in [1.54, 1.807) is 7.11 Å². The molecule has 1 heterocycles. The number of nitrogens with one attached hydrogen (secondary N) is 1. The van der Waals surface area contributed by atoms with E-state index in [4.69, 9.17) is 4.74 Å². The predicted molar refractivity (Wildman–Crippen MR) is 68.8 cm³/mol. The van der Waals surface area contributed by atoms with Crippen molar-refractivity contribution in [3.63, 3.8) is 0 Å². The van der Waals surface area contributed by atoms with Gasteiger partial charge in [0.2, 0.25) is 0 Å². The van der Waals surface area contributed by atoms with E-state index in [0.29, 0.717) is 18.1 Å². The average Bonchev–Trinajstić information content (AvgIpc) is 2.29. The minimum Gasteiger partial charge on any atom is -0.383 e. The molecule has 0 amide bonds. The van der Waals surface area contributed by atoms with Gasteiger partial charge in [0.05, 0.1) is 6.61 Å². The zero-order chi connectivity index (χ0) is 12.0. The molecule has 1 unspecified atom stereocenters. The van der Waals surface area contributed by atoms with E-state index in [1.165, 1.54) is 25.9 Å². The van der Waals surface area contributed by atoms with Crippen molar-refractivity contribution in [1.29, 1.82) is 0 Å². The maximum Gasteiger partial charge on any atom is 0.0615 e. The Morgan fingerprint density at radius 3 is 2.38 bits per heavy atom. The highest BCUT2D eigenvalue weighted by Gasteiger charge is 2.22. The molecule has 3 heteroatoms. The molecule has 1 rings (SSSR count). The molecule has 0 aromatic carbocycles. The van der Waals surface area contributed by atoms with Crippen molar-refractivity contribution < 1.29 is 4.74 Å². The molecular weight excluding hydrogens is 200 g/mol. The lowest BCUT2D eigenvalue weighted by Gasteiger charge is -2.36. The molecule has 1 saturated heterocycles. The van der Waals surface area contributed by atoms with Gasteiger partial charge in [-0.25, -0.2) is 0 Å². The Hall–Kier alpha value is -0.120. The topological polar surface area (TPSA) is 24.5 Å². The molecule has 0 aliphatic carbocycles. The fourth-order valence-corrected chi connectivity index (χ4v) is 2.40. The Labute approximate surface area is 101 Å². The molecule has 16 heavy (non-hydrogen) atoms. The number of ether oxygens (including phenoxy) is 1. The Morgan fingerprint density at radius 1 is 1.31 bits per heavy atom. The summed E-state index contributed by atoms with van der Waals surface area (Å²) in [7, 11) is 1.78. The maximum atomic E-state index is 5.22. The third kappa shape index (κ3) is 4.40. The molecule has 0 radical (unpaired) electrons. The van der Waals surface area contributed by atoms with Crippen LogP contribution in [-0.2, 0) is 4.74 Å². The summed E-state index contributed by atoms with van der Waals surface area (Å²) in [5, 5.41) is 3.71. The first kappa shape index (κ1) is 13.9. The van der Waals surface area contributed by atoms with Crippen molar-refractivity contribution in [2.45, 2.75) is 58.2 Å². The van der Waals surface area contributed by atoms with Crippen LogP contribution in [0.2, 0.25) is 0 Å². The van der Waals surface area contributed by atoms with Crippen molar-refractivity contribution in [1.82, 2.24) is 10.2 Å². The highest BCUT2D eigenvalue weighted by Crippen LogP contribution is 2.13. The lowest BCUT2D eigenvalue weighted by molar-refractivity contribution is 0.128. The van der Waals surface area contributed by atoms with Crippen molar-refractivity contribution in [2.75, 3.05) is 26.8 Å². The number of nitrogens with zero attached hydrogens (tertiary/aromatic N) is 1. The van der Waals surface area contributed by atoms with Crippen LogP contribution in [0.3, 0.4) is 0 Å². The zero-order valence-corrected chi connectivity index (χ0v) is 11.3. The van der Waals surface area contributed by atoms with Crippen LogP contribution in [0.15, 0.2) is 0 Å². The molecule has 1 N–H and O–H groups in total. The summed E-state index contributed by atoms with van der Waals surface area (Å²) in [6.45, 7) is 10.1. The fraction of sp³-hybridized carbons (Fsp3) is 1.00. The molecule has 1 fully saturated rings. The Bertz CT molecular complexity index is 177. The van der Waals surface area contributed by atoms with Gasteiger partial charge in [-0.1, -0.05) is 6.92 Å². The summed E-state index contributed by atoms with van der Waals surface area (Å²) in [6, 6.07) is 1.91. The second kappa shape index (κ2) is 7.25. The smallest absolute Gasteiger partial charge is 0.0615 e. The van der Waals surface area contributed by atoms with E-state index >= 15 is 0 Å². The van der Waals surface area contributed by atoms with Crippen LogP contribution in [0.5, 0.6) is 0 Å². The van der Waals surface area contributed by atoms with E-state index in [-0.39, 0.29) is 0 Å². The van der Waals surface area contributed by atoms with Gasteiger partial charge in [0.15, 0.2) is 0 Å². The minimum absolute atomic E-state index is 0.528. The van der Waals surface area contributed by atoms with Gasteiger partial charge < -0.3 is 15.0 Å². The molecule has 1 aliphatic heterocycles. The van der Waals surface area contributed by atoms with E-state index < -0.39 is 0 Å². The van der Waals surface area contributed by atoms with E-state index in [2.05, 4.69) is 31.0 Å². The first-order chi connectivity index (χ1) is 7.67. The molecule has 0 bridgehead atoms. The molecule has 3 nitrogen and oxygen atoms in total. The molecule has 0 spiro atoms. The fourth-order valence-electron chi connectivity index (χ4n) is 2.40. The predicted octanol–water partition coefficient (Wildman–Crippen LogP) is 1.87. The number of methoxy groups -OCH3 is 1. The number of likely N-dealkylation sites (tertiary alicyclic amines) is 1. The van der Waals surface area contributed by atoms with Crippen molar-refractivity contribution >= 4 is 0 Å². The van der Waals surface area contributed by atoms with E-state index in [0.717, 1.165) is 13.0 Å². The second-order valence-electron chi connectivity index (χ2n) is 5.13. The molecule has 1 atom stereocenters. The Balaban J connectivity index is 2.25. The minimum atomic E-state index is 0.528. The van der Waals surface area contributed by atoms with Gasteiger partial charge >= 0.3 is 0 Å². The van der Waals surface area contributed by atoms with Crippen molar-refractivity contribution in [3.8, 4) is 0 Å². The van der Waals surface area contributed by atoms with Gasteiger partial charge in [-0.05, 0) is 46.2 Å². The van der Waals surface area contributed by atoms with Crippen LogP contribution in [0.1, 0.15) is 40.0 Å². The third-order valence-electron chi connectivity index (χ3n) is 3.59. The molecule has 0 saturated carbocycles. The maximum absolute atomic E-state index is 5.22. The quantitative estimate of drug-likeness (QED) is 0.751. The standard InChI is InChI=1S/C13H28N2O/c1-5-12(10-16-4)14-13-6-8-15(9-7-13)11(2)3/h11-14H,5-10H2,1-4H3. The van der Waals surface area contributed by atoms with Crippen molar-refractivity contribution in [3.05, 3.63) is 0 Å². The third-order valence-corrected chi connectivity index (χ3v) is 3.59. The van der Waals surface area contributed by atoms with Gasteiger partial charge in [-0.15, -0.1) is 0 Å². The first-order valence-electron chi connectivity index (χ1n) is 6.66. The van der Waals surface area contributed by atoms with E-state index in [1.807, 2.05) is 0 Å². The number of hydrogen-bond acceptors (Lipinski definition) is 3. The average molecular weight is 228 g/mol. The summed E-state index contributed by atoms with van der Waals surface area (Å²) in [4.78, 5) is 2.56. The van der Waals surface area contributed by atoms with Gasteiger partial charge in [0.25, 0.3) is 0 Å². The first-order valence-corrected chi connectivity index (χ1v) is 6.66. The van der Waals surface area contributed by atoms with Gasteiger partial charge in [0.1, 0.15) is 0 Å². The van der Waals surface area contributed by atoms with Gasteiger partial charge in [-0.2, -0.15) is 0 Å². The lowest BCUT2D eigenvalue weighted by atomic mass is 10.0. The monoisotopic (exact) mass is 228 g/mol. The molecular formula is C13H28N2O. The van der Waals surface area contributed by atoms with Crippen LogP contribution in [-0.4, -0.2) is 49.8 Å². The van der Waals surface area contributed by atoms with Crippen LogP contribution in [0, 0.1) is 0 Å². The second-order valence-corrected chi connectivity index (χ2v) is 5.13. The highest BCUT2D eigenvalue weighted by atomic mass is 16.5. The van der Waals surface area contributed by atoms with Crippen LogP contribution in [0.25, 0.3) is 0 Å². The lowest BCUT2D eigenvalue weighted by Crippen LogP contribution is -2.48. The molecule has 0 aromatic heterocycles. The SMILES string of the molecule is CCC(COC)NC1CCN(C(C)C)CC1. The molecule has 96 valence electrons. The highest BCUT2D eigenvalue weighted by molar-refractivity contribution is 4.81. The number of rotatable bonds is 6. The van der Waals surface area contributed by atoms with Gasteiger partial charge in [0, 0.05) is 25.2 Å². The molecule has 0 aromatic rings. The van der Waals surface area contributed by atoms with Crippen LogP contribution >= 0.6 is 0 Å². The van der Waals surface area contributed by atoms with Crippen LogP contribution in [0.4, 0.5) is 0 Å². The van der Waals surface area contributed by atoms with Gasteiger partial charge in [-0.3, -0.25) is 0 Å². The normalized spacial score (nSPS) is 21.6. The summed E-state index contributed by atoms with van der Waals surface area (Å²) in [6.07, 6.45) is 3.70. The van der Waals surface area contributed by atoms with E-state index in [9.17, 15) is 0 Å². The van der Waals surface area contributed by atoms with Crippen molar-refractivity contribution in [2.24, 2.45) is 0 Å². The molecule has 1 aliphatic rings. The zero-order valence-electron chi connectivity index (χ0n) is 11.3. The Morgan fingerprint density at radius 2 is 1.94 bits per heavy atom. The summed E-state index contributed by atoms with van der Waals surface area (Å²) in [5.74, 6) is 0. The number of hydrogen-bond donors (Lipinski definition) is 1. The summed E-state index contributed by atoms with van der Waals surface area (Å²) in [5.41, 5.74) is 0. The Kier molecular flexibility index (Phi) is 6.32. The summed E-state index contributed by atoms with van der Waals surface area (Å²) >= 11 is 0.